The van der Waals surface area contributed by atoms with Gasteiger partial charge in [0.15, 0.2) is 9.84 Å². The molecule has 0 aromatic rings. The Balaban J connectivity index is 3.01. The molecule has 0 aromatic carbocycles. The molecule has 2 unspecified atom stereocenters. The summed E-state index contributed by atoms with van der Waals surface area (Å²) in [7, 11) is -7.97. The molecule has 0 aromatic heterocycles. The summed E-state index contributed by atoms with van der Waals surface area (Å²) in [5.74, 6) is -1.30. The number of hydrogen-bond donors (Lipinski definition) is 2. The lowest BCUT2D eigenvalue weighted by Crippen LogP contribution is -2.32. The van der Waals surface area contributed by atoms with Crippen LogP contribution in [-0.2, 0) is 20.0 Å². The van der Waals surface area contributed by atoms with Gasteiger partial charge in [-0.1, -0.05) is 0 Å². The molecule has 1 aliphatic rings. The molecule has 0 aliphatic carbocycles. The second-order valence-electron chi connectivity index (χ2n) is 2.70. The van der Waals surface area contributed by atoms with Crippen LogP contribution in [0.5, 0.6) is 0 Å². The molecule has 0 radical (unpaired) electrons. The van der Waals surface area contributed by atoms with Crippen LogP contribution in [0.2, 0.25) is 0 Å². The van der Waals surface area contributed by atoms with E-state index in [9.17, 15) is 16.8 Å². The van der Waals surface area contributed by atoms with E-state index in [1.165, 1.54) is 0 Å². The summed E-state index contributed by atoms with van der Waals surface area (Å²) in [4.78, 5) is 0. The average molecular weight is 216 g/mol. The van der Waals surface area contributed by atoms with Gasteiger partial charge in [0.25, 0.3) is 10.1 Å². The maximum absolute atomic E-state index is 10.8. The van der Waals surface area contributed by atoms with Crippen LogP contribution >= 0.6 is 0 Å². The average Bonchev–Trinajstić information content (AvgIpc) is 2.03. The molecule has 12 heavy (non-hydrogen) atoms. The van der Waals surface area contributed by atoms with Crippen LogP contribution in [0.15, 0.2) is 0 Å². The molecule has 72 valence electrons. The van der Waals surface area contributed by atoms with Gasteiger partial charge in [-0.3, -0.25) is 4.55 Å². The largest absolute Gasteiger partial charge is 0.391 e. The Morgan fingerprint density at radius 3 is 1.92 bits per heavy atom. The molecule has 1 saturated heterocycles. The predicted molar refractivity (Wildman–Crippen MR) is 40.0 cm³/mol. The Labute approximate surface area is 69.9 Å². The van der Waals surface area contributed by atoms with Crippen molar-refractivity contribution in [2.45, 2.75) is 11.4 Å². The van der Waals surface area contributed by atoms with Gasteiger partial charge in [-0.05, 0) is 0 Å². The summed E-state index contributed by atoms with van der Waals surface area (Å²) in [5, 5.41) is 7.36. The van der Waals surface area contributed by atoms with Crippen LogP contribution in [-0.4, -0.2) is 49.4 Å². The summed E-state index contributed by atoms with van der Waals surface area (Å²) in [6.07, 6.45) is -1.51. The van der Waals surface area contributed by atoms with Crippen molar-refractivity contribution in [3.05, 3.63) is 0 Å². The quantitative estimate of drug-likeness (QED) is 0.492. The van der Waals surface area contributed by atoms with Crippen LogP contribution in [0.1, 0.15) is 0 Å². The van der Waals surface area contributed by atoms with Gasteiger partial charge in [-0.2, -0.15) is 8.42 Å². The van der Waals surface area contributed by atoms with E-state index in [0.29, 0.717) is 0 Å². The maximum Gasteiger partial charge on any atom is 0.271 e. The molecule has 0 spiro atoms. The fraction of sp³-hybridized carbons (Fsp3) is 1.00. The second-order valence-corrected chi connectivity index (χ2v) is 6.49. The molecule has 6 nitrogen and oxygen atoms in total. The summed E-state index contributed by atoms with van der Waals surface area (Å²) in [5.41, 5.74) is 0. The van der Waals surface area contributed by atoms with Gasteiger partial charge in [0.1, 0.15) is 5.25 Å². The number of aliphatic hydroxyl groups excluding tert-OH is 1. The first-order valence-corrected chi connectivity index (χ1v) is 6.39. The van der Waals surface area contributed by atoms with Crippen LogP contribution in [0.25, 0.3) is 0 Å². The third kappa shape index (κ3) is 1.94. The molecule has 1 heterocycles. The van der Waals surface area contributed by atoms with Crippen molar-refractivity contribution in [1.29, 1.82) is 0 Å². The lowest BCUT2D eigenvalue weighted by Gasteiger charge is -2.06. The number of hydrogen-bond acceptors (Lipinski definition) is 5. The fourth-order valence-electron chi connectivity index (χ4n) is 1.08. The SMILES string of the molecule is O=S1(=O)CC(O)C(S(=O)(=O)O)C1. The molecule has 0 bridgehead atoms. The van der Waals surface area contributed by atoms with Gasteiger partial charge in [0.2, 0.25) is 0 Å². The zero-order valence-electron chi connectivity index (χ0n) is 5.91. The van der Waals surface area contributed by atoms with Gasteiger partial charge in [0.05, 0.1) is 17.6 Å². The van der Waals surface area contributed by atoms with Gasteiger partial charge >= 0.3 is 0 Å². The Hall–Kier alpha value is -0.180. The normalized spacial score (nSPS) is 35.2. The minimum atomic E-state index is -4.45. The third-order valence-electron chi connectivity index (χ3n) is 1.65. The monoisotopic (exact) mass is 216 g/mol. The van der Waals surface area contributed by atoms with Gasteiger partial charge in [-0.25, -0.2) is 8.42 Å². The van der Waals surface area contributed by atoms with Crippen LogP contribution in [0.4, 0.5) is 0 Å². The molecule has 2 atom stereocenters. The van der Waals surface area contributed by atoms with E-state index in [-0.39, 0.29) is 0 Å². The first kappa shape index (κ1) is 9.90. The van der Waals surface area contributed by atoms with Crippen LogP contribution in [0, 0.1) is 0 Å². The Bertz CT molecular complexity index is 364. The van der Waals surface area contributed by atoms with Crippen molar-refractivity contribution < 1.29 is 26.5 Å². The van der Waals surface area contributed by atoms with Crippen molar-refractivity contribution in [2.24, 2.45) is 0 Å². The number of sulfone groups is 1. The molecule has 0 saturated carbocycles. The lowest BCUT2D eigenvalue weighted by atomic mass is 10.3. The highest BCUT2D eigenvalue weighted by molar-refractivity contribution is 7.94. The lowest BCUT2D eigenvalue weighted by molar-refractivity contribution is 0.200. The smallest absolute Gasteiger partial charge is 0.271 e. The van der Waals surface area contributed by atoms with Crippen molar-refractivity contribution in [3.8, 4) is 0 Å². The highest BCUT2D eigenvalue weighted by atomic mass is 32.2. The number of rotatable bonds is 1. The highest BCUT2D eigenvalue weighted by Crippen LogP contribution is 2.18. The van der Waals surface area contributed by atoms with E-state index in [2.05, 4.69) is 0 Å². The minimum Gasteiger partial charge on any atom is -0.391 e. The molecular weight excluding hydrogens is 208 g/mol. The van der Waals surface area contributed by atoms with Gasteiger partial charge in [0, 0.05) is 0 Å². The van der Waals surface area contributed by atoms with E-state index >= 15 is 0 Å². The van der Waals surface area contributed by atoms with E-state index in [0.717, 1.165) is 0 Å². The minimum absolute atomic E-state index is 0.600. The standard InChI is InChI=1S/C4H8O6S2/c5-3-1-11(6,7)2-4(3)12(8,9)10/h3-5H,1-2H2,(H,8,9,10). The third-order valence-corrected chi connectivity index (χ3v) is 4.83. The topological polar surface area (TPSA) is 109 Å². The fourth-order valence-corrected chi connectivity index (χ4v) is 4.62. The summed E-state index contributed by atoms with van der Waals surface area (Å²) in [6.45, 7) is 0. The Morgan fingerprint density at radius 1 is 1.25 bits per heavy atom. The molecule has 2 N–H and O–H groups in total. The van der Waals surface area contributed by atoms with Crippen LogP contribution < -0.4 is 0 Å². The molecule has 1 aliphatic heterocycles. The van der Waals surface area contributed by atoms with Crippen molar-refractivity contribution in [1.82, 2.24) is 0 Å². The number of aliphatic hydroxyl groups is 1. The second kappa shape index (κ2) is 2.66. The molecule has 0 amide bonds. The van der Waals surface area contributed by atoms with E-state index in [1.807, 2.05) is 0 Å². The zero-order chi connectivity index (χ0) is 9.57. The maximum atomic E-state index is 10.8. The summed E-state index contributed by atoms with van der Waals surface area (Å²) < 4.78 is 50.9. The molecule has 1 fully saturated rings. The highest BCUT2D eigenvalue weighted by Gasteiger charge is 2.43. The molecule has 1 rings (SSSR count). The molecule has 8 heteroatoms. The van der Waals surface area contributed by atoms with E-state index < -0.39 is 42.8 Å². The van der Waals surface area contributed by atoms with Crippen LogP contribution in [0.3, 0.4) is 0 Å². The first-order chi connectivity index (χ1) is 5.22. The van der Waals surface area contributed by atoms with E-state index in [4.69, 9.17) is 9.66 Å². The molecular formula is C4H8O6S2. The predicted octanol–water partition coefficient (Wildman–Crippen LogP) is -1.97. The van der Waals surface area contributed by atoms with E-state index in [1.54, 1.807) is 0 Å². The Morgan fingerprint density at radius 2 is 1.75 bits per heavy atom. The first-order valence-electron chi connectivity index (χ1n) is 3.07. The Kier molecular flexibility index (Phi) is 2.19. The van der Waals surface area contributed by atoms with Crippen molar-refractivity contribution >= 4 is 20.0 Å². The van der Waals surface area contributed by atoms with Gasteiger partial charge < -0.3 is 5.11 Å². The summed E-state index contributed by atoms with van der Waals surface area (Å²) >= 11 is 0. The van der Waals surface area contributed by atoms with Crippen molar-refractivity contribution in [2.75, 3.05) is 11.5 Å². The zero-order valence-corrected chi connectivity index (χ0v) is 7.55. The summed E-state index contributed by atoms with van der Waals surface area (Å²) in [6, 6.07) is 0. The van der Waals surface area contributed by atoms with Gasteiger partial charge in [-0.15, -0.1) is 0 Å². The van der Waals surface area contributed by atoms with Crippen molar-refractivity contribution in [3.63, 3.8) is 0 Å².